The van der Waals surface area contributed by atoms with Crippen LogP contribution >= 0.6 is 23.1 Å². The van der Waals surface area contributed by atoms with Gasteiger partial charge in [0.25, 0.3) is 11.1 Å². The molecule has 2 aromatic heterocycles. The predicted molar refractivity (Wildman–Crippen MR) is 107 cm³/mol. The molecule has 4 rings (SSSR count). The molecule has 0 spiro atoms. The van der Waals surface area contributed by atoms with Crippen molar-refractivity contribution in [1.29, 1.82) is 0 Å². The Kier molecular flexibility index (Phi) is 5.01. The molecule has 8 heteroatoms. The lowest BCUT2D eigenvalue weighted by Crippen LogP contribution is -2.40. The molecule has 1 aliphatic rings. The molecular weight excluding hydrogens is 380 g/mol. The lowest BCUT2D eigenvalue weighted by atomic mass is 10.0. The largest absolute Gasteiger partial charge is 0.410 e. The molecule has 27 heavy (non-hydrogen) atoms. The third-order valence-electron chi connectivity index (χ3n) is 4.51. The average molecular weight is 401 g/mol. The van der Waals surface area contributed by atoms with Crippen molar-refractivity contribution in [3.8, 4) is 10.8 Å². The predicted octanol–water partition coefficient (Wildman–Crippen LogP) is 4.27. The third-order valence-corrected chi connectivity index (χ3v) is 6.49. The van der Waals surface area contributed by atoms with Crippen LogP contribution in [0.2, 0.25) is 0 Å². The van der Waals surface area contributed by atoms with Gasteiger partial charge in [-0.2, -0.15) is 0 Å². The van der Waals surface area contributed by atoms with E-state index in [4.69, 9.17) is 4.42 Å². The van der Waals surface area contributed by atoms with Crippen molar-refractivity contribution in [2.24, 2.45) is 0 Å². The fraction of sp³-hybridized carbons (Fsp3) is 0.368. The molecule has 0 saturated heterocycles. The van der Waals surface area contributed by atoms with E-state index in [2.05, 4.69) is 21.2 Å². The molecule has 0 bridgehead atoms. The van der Waals surface area contributed by atoms with E-state index in [1.165, 1.54) is 28.7 Å². The Morgan fingerprint density at radius 1 is 1.30 bits per heavy atom. The van der Waals surface area contributed by atoms with Crippen LogP contribution in [0.5, 0.6) is 0 Å². The van der Waals surface area contributed by atoms with Gasteiger partial charge in [-0.1, -0.05) is 30.0 Å². The SMILES string of the molecule is Cc1nc(C)c(-c2nnc(SC(C)C(=O)N3CCCc4ccccc43)o2)s1. The Balaban J connectivity index is 1.49. The van der Waals surface area contributed by atoms with Crippen LogP contribution in [-0.4, -0.2) is 32.9 Å². The van der Waals surface area contributed by atoms with Gasteiger partial charge in [0, 0.05) is 12.2 Å². The molecule has 1 atom stereocenters. The molecule has 0 saturated carbocycles. The van der Waals surface area contributed by atoms with Crippen LogP contribution in [-0.2, 0) is 11.2 Å². The molecule has 1 aromatic carbocycles. The maximum absolute atomic E-state index is 13.0. The lowest BCUT2D eigenvalue weighted by Gasteiger charge is -2.31. The first-order valence-corrected chi connectivity index (χ1v) is 10.6. The van der Waals surface area contributed by atoms with Gasteiger partial charge in [-0.15, -0.1) is 21.5 Å². The molecule has 1 amide bonds. The molecule has 0 N–H and O–H groups in total. The number of hydrogen-bond acceptors (Lipinski definition) is 7. The average Bonchev–Trinajstić information content (AvgIpc) is 3.26. The van der Waals surface area contributed by atoms with Crippen LogP contribution in [0.4, 0.5) is 5.69 Å². The molecule has 1 unspecified atom stereocenters. The first kappa shape index (κ1) is 18.2. The minimum atomic E-state index is -0.311. The minimum Gasteiger partial charge on any atom is -0.410 e. The van der Waals surface area contributed by atoms with E-state index >= 15 is 0 Å². The van der Waals surface area contributed by atoms with Crippen molar-refractivity contribution in [2.75, 3.05) is 11.4 Å². The fourth-order valence-corrected chi connectivity index (χ4v) is 4.85. The zero-order chi connectivity index (χ0) is 19.0. The van der Waals surface area contributed by atoms with Gasteiger partial charge >= 0.3 is 0 Å². The van der Waals surface area contributed by atoms with E-state index in [1.807, 2.05) is 43.9 Å². The lowest BCUT2D eigenvalue weighted by molar-refractivity contribution is -0.117. The summed E-state index contributed by atoms with van der Waals surface area (Å²) in [7, 11) is 0. The van der Waals surface area contributed by atoms with Crippen molar-refractivity contribution >= 4 is 34.7 Å². The van der Waals surface area contributed by atoms with Crippen LogP contribution in [0.25, 0.3) is 10.8 Å². The fourth-order valence-electron chi connectivity index (χ4n) is 3.26. The first-order chi connectivity index (χ1) is 13.0. The van der Waals surface area contributed by atoms with Crippen LogP contribution in [0.1, 0.15) is 29.6 Å². The highest BCUT2D eigenvalue weighted by Gasteiger charge is 2.28. The second-order valence-corrected chi connectivity index (χ2v) is 9.00. The molecule has 0 radical (unpaired) electrons. The van der Waals surface area contributed by atoms with Gasteiger partial charge in [-0.3, -0.25) is 4.79 Å². The summed E-state index contributed by atoms with van der Waals surface area (Å²) in [6.07, 6.45) is 2.00. The quantitative estimate of drug-likeness (QED) is 0.609. The van der Waals surface area contributed by atoms with Gasteiger partial charge < -0.3 is 9.32 Å². The number of para-hydroxylation sites is 1. The summed E-state index contributed by atoms with van der Waals surface area (Å²) in [5, 5.41) is 9.29. The number of benzene rings is 1. The molecule has 140 valence electrons. The number of thiazole rings is 1. The van der Waals surface area contributed by atoms with E-state index in [-0.39, 0.29) is 11.2 Å². The number of hydrogen-bond donors (Lipinski definition) is 0. The van der Waals surface area contributed by atoms with Gasteiger partial charge in [0.15, 0.2) is 0 Å². The number of anilines is 1. The number of carbonyl (C=O) groups is 1. The molecule has 0 fully saturated rings. The number of nitrogens with zero attached hydrogens (tertiary/aromatic N) is 4. The minimum absolute atomic E-state index is 0.0664. The number of rotatable bonds is 4. The summed E-state index contributed by atoms with van der Waals surface area (Å²) in [6, 6.07) is 8.11. The summed E-state index contributed by atoms with van der Waals surface area (Å²) < 4.78 is 5.78. The second-order valence-electron chi connectivity index (χ2n) is 6.50. The van der Waals surface area contributed by atoms with Gasteiger partial charge in [-0.25, -0.2) is 4.98 Å². The summed E-state index contributed by atoms with van der Waals surface area (Å²) in [4.78, 5) is 20.2. The van der Waals surface area contributed by atoms with Gasteiger partial charge in [-0.05, 0) is 45.2 Å². The van der Waals surface area contributed by atoms with Gasteiger partial charge in [0.1, 0.15) is 4.88 Å². The number of fused-ring (bicyclic) bond motifs is 1. The summed E-state index contributed by atoms with van der Waals surface area (Å²) in [5.74, 6) is 0.528. The summed E-state index contributed by atoms with van der Waals surface area (Å²) in [5.41, 5.74) is 3.13. The third kappa shape index (κ3) is 3.64. The molecule has 1 aliphatic heterocycles. The number of aryl methyl sites for hydroxylation is 3. The summed E-state index contributed by atoms with van der Waals surface area (Å²) in [6.45, 7) is 6.51. The van der Waals surface area contributed by atoms with E-state index in [9.17, 15) is 4.79 Å². The van der Waals surface area contributed by atoms with Crippen LogP contribution in [0.15, 0.2) is 33.9 Å². The van der Waals surface area contributed by atoms with Crippen LogP contribution in [0.3, 0.4) is 0 Å². The highest BCUT2D eigenvalue weighted by Crippen LogP contribution is 2.33. The van der Waals surface area contributed by atoms with Gasteiger partial charge in [0.2, 0.25) is 5.91 Å². The van der Waals surface area contributed by atoms with E-state index < -0.39 is 0 Å². The second kappa shape index (κ2) is 7.44. The number of carbonyl (C=O) groups excluding carboxylic acids is 1. The van der Waals surface area contributed by atoms with Crippen LogP contribution in [0, 0.1) is 13.8 Å². The Morgan fingerprint density at radius 2 is 2.11 bits per heavy atom. The Morgan fingerprint density at radius 3 is 2.89 bits per heavy atom. The van der Waals surface area contributed by atoms with E-state index in [0.717, 1.165) is 40.7 Å². The molecule has 0 aliphatic carbocycles. The van der Waals surface area contributed by atoms with Crippen molar-refractivity contribution < 1.29 is 9.21 Å². The highest BCUT2D eigenvalue weighted by atomic mass is 32.2. The number of aromatic nitrogens is 3. The maximum Gasteiger partial charge on any atom is 0.277 e. The highest BCUT2D eigenvalue weighted by molar-refractivity contribution is 8.00. The van der Waals surface area contributed by atoms with Gasteiger partial charge in [0.05, 0.1) is 16.0 Å². The monoisotopic (exact) mass is 400 g/mol. The molecule has 3 aromatic rings. The molecule has 3 heterocycles. The zero-order valence-electron chi connectivity index (χ0n) is 15.4. The van der Waals surface area contributed by atoms with Crippen LogP contribution < -0.4 is 4.90 Å². The van der Waals surface area contributed by atoms with E-state index in [1.54, 1.807) is 0 Å². The topological polar surface area (TPSA) is 72.1 Å². The number of thioether (sulfide) groups is 1. The smallest absolute Gasteiger partial charge is 0.277 e. The standard InChI is InChI=1S/C19H20N4O2S2/c1-11-16(27-13(3)20-11)17-21-22-19(25-17)26-12(2)18(24)23-10-6-8-14-7-4-5-9-15(14)23/h4-5,7,9,12H,6,8,10H2,1-3H3. The summed E-state index contributed by atoms with van der Waals surface area (Å²) >= 11 is 2.83. The Bertz CT molecular complexity index is 982. The first-order valence-electron chi connectivity index (χ1n) is 8.87. The van der Waals surface area contributed by atoms with Crippen molar-refractivity contribution in [3.63, 3.8) is 0 Å². The Labute approximate surface area is 166 Å². The van der Waals surface area contributed by atoms with Crippen molar-refractivity contribution in [2.45, 2.75) is 44.1 Å². The molecular formula is C19H20N4O2S2. The molecule has 6 nitrogen and oxygen atoms in total. The van der Waals surface area contributed by atoms with Crippen molar-refractivity contribution in [1.82, 2.24) is 15.2 Å². The zero-order valence-corrected chi connectivity index (χ0v) is 17.1. The Hall–Kier alpha value is -2.19. The normalized spacial score (nSPS) is 14.9. The van der Waals surface area contributed by atoms with Crippen molar-refractivity contribution in [3.05, 3.63) is 40.5 Å². The van der Waals surface area contributed by atoms with E-state index in [0.29, 0.717) is 11.1 Å². The number of amides is 1. The maximum atomic E-state index is 13.0.